The first-order valence-electron chi connectivity index (χ1n) is 8.43. The first kappa shape index (κ1) is 19.6. The van der Waals surface area contributed by atoms with Crippen LogP contribution in [0.4, 0.5) is 5.69 Å². The van der Waals surface area contributed by atoms with Gasteiger partial charge in [0.2, 0.25) is 0 Å². The summed E-state index contributed by atoms with van der Waals surface area (Å²) in [6.07, 6.45) is 0. The highest BCUT2D eigenvalue weighted by atomic mass is 16.5. The summed E-state index contributed by atoms with van der Waals surface area (Å²) in [7, 11) is 6.79. The van der Waals surface area contributed by atoms with Crippen LogP contribution in [0.25, 0.3) is 0 Å². The molecule has 0 saturated heterocycles. The fraction of sp³-hybridized carbons (Fsp3) is 0.350. The van der Waals surface area contributed by atoms with Gasteiger partial charge in [-0.05, 0) is 31.2 Å². The maximum Gasteiger partial charge on any atom is 0.279 e. The van der Waals surface area contributed by atoms with Crippen LogP contribution < -0.4 is 24.4 Å². The predicted molar refractivity (Wildman–Crippen MR) is 101 cm³/mol. The second-order valence-electron chi connectivity index (χ2n) is 6.24. The molecule has 140 valence electrons. The molecule has 0 saturated carbocycles. The molecule has 2 aromatic carbocycles. The second kappa shape index (κ2) is 9.10. The minimum atomic E-state index is -0.0682. The Labute approximate surface area is 154 Å². The predicted octanol–water partition coefficient (Wildman–Crippen LogP) is 1.67. The van der Waals surface area contributed by atoms with Gasteiger partial charge in [0, 0.05) is 17.3 Å². The highest BCUT2D eigenvalue weighted by Crippen LogP contribution is 2.29. The largest absolute Gasteiger partial charge is 0.496 e. The third kappa shape index (κ3) is 5.13. The first-order chi connectivity index (χ1) is 12.5. The summed E-state index contributed by atoms with van der Waals surface area (Å²) in [6, 6.07) is 11.4. The number of hydrogen-bond donors (Lipinski definition) is 2. The number of likely N-dealkylation sites (N-methyl/N-ethyl adjacent to an activating group) is 1. The Morgan fingerprint density at radius 1 is 0.962 bits per heavy atom. The highest BCUT2D eigenvalue weighted by Gasteiger charge is 2.14. The summed E-state index contributed by atoms with van der Waals surface area (Å²) in [5.74, 6) is 1.98. The maximum atomic E-state index is 12.4. The zero-order valence-electron chi connectivity index (χ0n) is 16.0. The van der Waals surface area contributed by atoms with Crippen LogP contribution in [0.5, 0.6) is 17.2 Å². The monoisotopic (exact) mass is 359 g/mol. The maximum absolute atomic E-state index is 12.4. The number of carbonyl (C=O) groups excluding carboxylic acids is 1. The average molecular weight is 359 g/mol. The van der Waals surface area contributed by atoms with Gasteiger partial charge in [0.05, 0.1) is 28.4 Å². The molecule has 26 heavy (non-hydrogen) atoms. The number of aryl methyl sites for hydroxylation is 1. The van der Waals surface area contributed by atoms with E-state index in [1.165, 1.54) is 5.56 Å². The fourth-order valence-corrected chi connectivity index (χ4v) is 2.83. The number of ether oxygens (including phenoxy) is 3. The van der Waals surface area contributed by atoms with Crippen LogP contribution in [0.1, 0.15) is 11.1 Å². The number of nitrogens with one attached hydrogen (secondary N) is 2. The quantitative estimate of drug-likeness (QED) is 0.753. The molecule has 2 aromatic rings. The Hall–Kier alpha value is -2.73. The number of carbonyl (C=O) groups is 1. The molecule has 0 spiro atoms. The van der Waals surface area contributed by atoms with Gasteiger partial charge in [-0.3, -0.25) is 4.79 Å². The summed E-state index contributed by atoms with van der Waals surface area (Å²) in [4.78, 5) is 13.4. The molecule has 0 aliphatic rings. The van der Waals surface area contributed by atoms with Crippen molar-refractivity contribution in [1.29, 1.82) is 0 Å². The molecule has 1 atom stereocenters. The molecule has 1 amide bonds. The average Bonchev–Trinajstić information content (AvgIpc) is 2.61. The van der Waals surface area contributed by atoms with E-state index in [1.807, 2.05) is 26.1 Å². The van der Waals surface area contributed by atoms with Crippen molar-refractivity contribution in [1.82, 2.24) is 0 Å². The van der Waals surface area contributed by atoms with Gasteiger partial charge in [0.1, 0.15) is 12.3 Å². The van der Waals surface area contributed by atoms with Crippen LogP contribution >= 0.6 is 0 Å². The lowest BCUT2D eigenvalue weighted by Crippen LogP contribution is -3.08. The number of benzene rings is 2. The number of rotatable bonds is 8. The van der Waals surface area contributed by atoms with E-state index in [0.717, 1.165) is 16.2 Å². The van der Waals surface area contributed by atoms with Crippen molar-refractivity contribution in [3.05, 3.63) is 47.5 Å². The van der Waals surface area contributed by atoms with Gasteiger partial charge in [-0.15, -0.1) is 0 Å². The topological polar surface area (TPSA) is 61.2 Å². The van der Waals surface area contributed by atoms with Crippen LogP contribution in [0.2, 0.25) is 0 Å². The van der Waals surface area contributed by atoms with Gasteiger partial charge < -0.3 is 24.4 Å². The van der Waals surface area contributed by atoms with Crippen LogP contribution in [0.3, 0.4) is 0 Å². The van der Waals surface area contributed by atoms with Crippen molar-refractivity contribution < 1.29 is 23.9 Å². The Morgan fingerprint density at radius 3 is 2.27 bits per heavy atom. The van der Waals surface area contributed by atoms with Gasteiger partial charge in [-0.25, -0.2) is 0 Å². The minimum Gasteiger partial charge on any atom is -0.496 e. The van der Waals surface area contributed by atoms with Crippen molar-refractivity contribution in [2.24, 2.45) is 0 Å². The number of quaternary nitrogens is 1. The summed E-state index contributed by atoms with van der Waals surface area (Å²) in [5, 5.41) is 2.90. The van der Waals surface area contributed by atoms with Gasteiger partial charge in [0.25, 0.3) is 5.91 Å². The summed E-state index contributed by atoms with van der Waals surface area (Å²) >= 11 is 0. The van der Waals surface area contributed by atoms with E-state index in [0.29, 0.717) is 30.3 Å². The molecular weight excluding hydrogens is 332 g/mol. The lowest BCUT2D eigenvalue weighted by Gasteiger charge is -2.16. The molecule has 0 fully saturated rings. The van der Waals surface area contributed by atoms with Crippen LogP contribution in [-0.4, -0.2) is 40.8 Å². The second-order valence-corrected chi connectivity index (χ2v) is 6.24. The summed E-state index contributed by atoms with van der Waals surface area (Å²) in [6.45, 7) is 3.08. The van der Waals surface area contributed by atoms with Gasteiger partial charge >= 0.3 is 0 Å². The van der Waals surface area contributed by atoms with E-state index in [1.54, 1.807) is 39.5 Å². The molecule has 2 rings (SSSR count). The first-order valence-corrected chi connectivity index (χ1v) is 8.43. The van der Waals surface area contributed by atoms with E-state index in [-0.39, 0.29) is 5.91 Å². The third-order valence-electron chi connectivity index (χ3n) is 4.06. The summed E-state index contributed by atoms with van der Waals surface area (Å²) < 4.78 is 15.9. The number of hydrogen-bond acceptors (Lipinski definition) is 4. The van der Waals surface area contributed by atoms with Crippen molar-refractivity contribution in [2.75, 3.05) is 40.2 Å². The van der Waals surface area contributed by atoms with Crippen molar-refractivity contribution in [2.45, 2.75) is 13.5 Å². The standard InChI is InChI=1S/C20H26N2O4/c1-14-6-8-17(24-3)15(10-14)12-22(2)13-20(23)21-16-7-9-18(25-4)19(11-16)26-5/h6-11H,12-13H2,1-5H3,(H,21,23)/p+1. The lowest BCUT2D eigenvalue weighted by molar-refractivity contribution is -0.885. The SMILES string of the molecule is COc1ccc(C)cc1C[NH+](C)CC(=O)Nc1ccc(OC)c(OC)c1. The molecule has 0 radical (unpaired) electrons. The van der Waals surface area contributed by atoms with Crippen LogP contribution in [-0.2, 0) is 11.3 Å². The molecule has 0 bridgehead atoms. The molecule has 2 N–H and O–H groups in total. The zero-order chi connectivity index (χ0) is 19.1. The number of anilines is 1. The molecular formula is C20H27N2O4+. The van der Waals surface area contributed by atoms with Crippen molar-refractivity contribution in [3.63, 3.8) is 0 Å². The number of methoxy groups -OCH3 is 3. The molecule has 6 heteroatoms. The Morgan fingerprint density at radius 2 is 1.62 bits per heavy atom. The molecule has 0 heterocycles. The van der Waals surface area contributed by atoms with Gasteiger partial charge in [-0.1, -0.05) is 11.6 Å². The van der Waals surface area contributed by atoms with Crippen LogP contribution in [0, 0.1) is 6.92 Å². The van der Waals surface area contributed by atoms with Gasteiger partial charge in [0.15, 0.2) is 18.0 Å². The summed E-state index contributed by atoms with van der Waals surface area (Å²) in [5.41, 5.74) is 2.93. The molecule has 0 aliphatic carbocycles. The molecule has 1 unspecified atom stereocenters. The Bertz CT molecular complexity index is 761. The van der Waals surface area contributed by atoms with Crippen molar-refractivity contribution >= 4 is 11.6 Å². The minimum absolute atomic E-state index is 0.0682. The van der Waals surface area contributed by atoms with E-state index < -0.39 is 0 Å². The normalized spacial score (nSPS) is 11.6. The third-order valence-corrected chi connectivity index (χ3v) is 4.06. The van der Waals surface area contributed by atoms with Crippen molar-refractivity contribution in [3.8, 4) is 17.2 Å². The molecule has 0 aromatic heterocycles. The van der Waals surface area contributed by atoms with Gasteiger partial charge in [-0.2, -0.15) is 0 Å². The Balaban J connectivity index is 1.98. The van der Waals surface area contributed by atoms with E-state index in [2.05, 4.69) is 11.4 Å². The highest BCUT2D eigenvalue weighted by molar-refractivity contribution is 5.91. The number of amides is 1. The van der Waals surface area contributed by atoms with E-state index >= 15 is 0 Å². The fourth-order valence-electron chi connectivity index (χ4n) is 2.83. The molecule has 0 aliphatic heterocycles. The van der Waals surface area contributed by atoms with E-state index in [9.17, 15) is 4.79 Å². The lowest BCUT2D eigenvalue weighted by atomic mass is 10.1. The van der Waals surface area contributed by atoms with E-state index in [4.69, 9.17) is 14.2 Å². The smallest absolute Gasteiger partial charge is 0.279 e. The zero-order valence-corrected chi connectivity index (χ0v) is 16.0. The van der Waals surface area contributed by atoms with Crippen LogP contribution in [0.15, 0.2) is 36.4 Å². The molecule has 6 nitrogen and oxygen atoms in total. The Kier molecular flexibility index (Phi) is 6.86.